The molecule has 0 aliphatic rings. The highest BCUT2D eigenvalue weighted by atomic mass is 32.2. The Morgan fingerprint density at radius 1 is 1.04 bits per heavy atom. The molecule has 0 unspecified atom stereocenters. The zero-order valence-electron chi connectivity index (χ0n) is 12.0. The van der Waals surface area contributed by atoms with Crippen LogP contribution >= 0.6 is 0 Å². The number of nitrogens with one attached hydrogen (secondary N) is 1. The Bertz CT molecular complexity index is 984. The van der Waals surface area contributed by atoms with Crippen molar-refractivity contribution in [2.75, 3.05) is 11.6 Å². The van der Waals surface area contributed by atoms with E-state index in [0.717, 1.165) is 18.4 Å². The summed E-state index contributed by atoms with van der Waals surface area (Å²) in [5, 5.41) is 3.13. The number of benzene rings is 2. The van der Waals surface area contributed by atoms with Crippen LogP contribution in [0.2, 0.25) is 0 Å². The lowest BCUT2D eigenvalue weighted by Crippen LogP contribution is -2.00. The summed E-state index contributed by atoms with van der Waals surface area (Å²) >= 11 is 0. The summed E-state index contributed by atoms with van der Waals surface area (Å²) in [7, 11) is -3.40. The number of anilines is 2. The smallest absolute Gasteiger partial charge is 0.175 e. The zero-order chi connectivity index (χ0) is 16.6. The molecule has 0 spiro atoms. The number of sulfone groups is 1. The molecule has 7 heteroatoms. The maximum absolute atomic E-state index is 13.8. The molecule has 0 amide bonds. The van der Waals surface area contributed by atoms with Crippen LogP contribution in [0.3, 0.4) is 0 Å². The highest BCUT2D eigenvalue weighted by molar-refractivity contribution is 7.90. The average Bonchev–Trinajstić information content (AvgIpc) is 2.50. The molecule has 1 N–H and O–H groups in total. The third kappa shape index (κ3) is 3.00. The number of hydrogen-bond donors (Lipinski definition) is 1. The van der Waals surface area contributed by atoms with Crippen LogP contribution in [0.4, 0.5) is 20.2 Å². The Labute approximate surface area is 131 Å². The van der Waals surface area contributed by atoms with E-state index in [1.165, 1.54) is 30.5 Å². The molecule has 0 aliphatic heterocycles. The number of fused-ring (bicyclic) bond motifs is 1. The van der Waals surface area contributed by atoms with Crippen LogP contribution < -0.4 is 5.32 Å². The van der Waals surface area contributed by atoms with E-state index in [0.29, 0.717) is 16.6 Å². The first-order valence-electron chi connectivity index (χ1n) is 6.66. The van der Waals surface area contributed by atoms with Gasteiger partial charge in [-0.05, 0) is 36.4 Å². The highest BCUT2D eigenvalue weighted by Crippen LogP contribution is 2.29. The Morgan fingerprint density at radius 2 is 1.74 bits per heavy atom. The minimum atomic E-state index is -3.40. The molecule has 0 saturated heterocycles. The van der Waals surface area contributed by atoms with Gasteiger partial charge < -0.3 is 5.32 Å². The zero-order valence-corrected chi connectivity index (χ0v) is 12.9. The molecule has 1 aromatic heterocycles. The van der Waals surface area contributed by atoms with E-state index in [1.54, 1.807) is 6.07 Å². The molecule has 0 bridgehead atoms. The summed E-state index contributed by atoms with van der Waals surface area (Å²) in [4.78, 5) is 4.24. The second-order valence-electron chi connectivity index (χ2n) is 5.03. The molecule has 23 heavy (non-hydrogen) atoms. The topological polar surface area (TPSA) is 59.1 Å². The van der Waals surface area contributed by atoms with Gasteiger partial charge in [0.25, 0.3) is 0 Å². The first-order valence-corrected chi connectivity index (χ1v) is 8.55. The van der Waals surface area contributed by atoms with Crippen molar-refractivity contribution >= 4 is 32.1 Å². The van der Waals surface area contributed by atoms with Crippen molar-refractivity contribution in [3.05, 3.63) is 60.3 Å². The number of aromatic nitrogens is 1. The van der Waals surface area contributed by atoms with Crippen molar-refractivity contribution in [3.8, 4) is 0 Å². The van der Waals surface area contributed by atoms with Gasteiger partial charge in [-0.2, -0.15) is 0 Å². The Balaban J connectivity index is 2.18. The van der Waals surface area contributed by atoms with Crippen molar-refractivity contribution < 1.29 is 17.2 Å². The predicted molar refractivity (Wildman–Crippen MR) is 84.5 cm³/mol. The third-order valence-electron chi connectivity index (χ3n) is 3.36. The number of hydrogen-bond acceptors (Lipinski definition) is 4. The van der Waals surface area contributed by atoms with Crippen LogP contribution in [0.15, 0.2) is 53.6 Å². The van der Waals surface area contributed by atoms with E-state index in [-0.39, 0.29) is 10.6 Å². The Hall–Kier alpha value is -2.54. The summed E-state index contributed by atoms with van der Waals surface area (Å²) in [6.07, 6.45) is 2.57. The van der Waals surface area contributed by atoms with Gasteiger partial charge in [-0.3, -0.25) is 4.98 Å². The van der Waals surface area contributed by atoms with Crippen molar-refractivity contribution in [1.82, 2.24) is 4.98 Å². The van der Waals surface area contributed by atoms with Gasteiger partial charge in [-0.25, -0.2) is 17.2 Å². The molecule has 3 aromatic rings. The molecular weight excluding hydrogens is 322 g/mol. The maximum Gasteiger partial charge on any atom is 0.175 e. The quantitative estimate of drug-likeness (QED) is 0.794. The van der Waals surface area contributed by atoms with Gasteiger partial charge in [-0.15, -0.1) is 0 Å². The summed E-state index contributed by atoms with van der Waals surface area (Å²) in [6, 6.07) is 9.49. The first kappa shape index (κ1) is 15.4. The molecule has 2 aromatic carbocycles. The van der Waals surface area contributed by atoms with Gasteiger partial charge in [0.05, 0.1) is 10.4 Å². The van der Waals surface area contributed by atoms with Crippen molar-refractivity contribution in [2.24, 2.45) is 0 Å². The number of nitrogens with zero attached hydrogens (tertiary/aromatic N) is 1. The van der Waals surface area contributed by atoms with E-state index in [1.807, 2.05) is 0 Å². The second-order valence-corrected chi connectivity index (χ2v) is 7.05. The molecule has 0 fully saturated rings. The fourth-order valence-electron chi connectivity index (χ4n) is 2.22. The average molecular weight is 334 g/mol. The Morgan fingerprint density at radius 3 is 2.39 bits per heavy atom. The van der Waals surface area contributed by atoms with E-state index >= 15 is 0 Å². The molecule has 118 valence electrons. The van der Waals surface area contributed by atoms with Crippen LogP contribution in [-0.4, -0.2) is 19.7 Å². The third-order valence-corrected chi connectivity index (χ3v) is 4.47. The van der Waals surface area contributed by atoms with Crippen molar-refractivity contribution in [2.45, 2.75) is 4.90 Å². The van der Waals surface area contributed by atoms with E-state index in [4.69, 9.17) is 0 Å². The van der Waals surface area contributed by atoms with Crippen molar-refractivity contribution in [1.29, 1.82) is 0 Å². The summed E-state index contributed by atoms with van der Waals surface area (Å²) in [6.45, 7) is 0. The fraction of sp³-hybridized carbons (Fsp3) is 0.0625. The summed E-state index contributed by atoms with van der Waals surface area (Å²) in [5.74, 6) is -1.48. The minimum Gasteiger partial charge on any atom is -0.350 e. The number of rotatable bonds is 3. The minimum absolute atomic E-state index is 0.107. The standard InChI is InChI=1S/C16H12F2N2O2S/c1-23(21,22)10-5-6-14-11(9-10)15(7-8-19-14)20-16-12(17)3-2-4-13(16)18/h2-9H,1H3,(H,19,20). The van der Waals surface area contributed by atoms with E-state index < -0.39 is 21.5 Å². The van der Waals surface area contributed by atoms with Gasteiger partial charge in [-0.1, -0.05) is 6.07 Å². The van der Waals surface area contributed by atoms with E-state index in [2.05, 4.69) is 10.3 Å². The lowest BCUT2D eigenvalue weighted by molar-refractivity contribution is 0.590. The molecular formula is C16H12F2N2O2S. The highest BCUT2D eigenvalue weighted by Gasteiger charge is 2.13. The van der Waals surface area contributed by atoms with Crippen molar-refractivity contribution in [3.63, 3.8) is 0 Å². The molecule has 3 rings (SSSR count). The monoisotopic (exact) mass is 334 g/mol. The number of halogens is 2. The first-order chi connectivity index (χ1) is 10.9. The SMILES string of the molecule is CS(=O)(=O)c1ccc2nccc(Nc3c(F)cccc3F)c2c1. The van der Waals surface area contributed by atoms with Gasteiger partial charge in [0, 0.05) is 23.5 Å². The molecule has 0 atom stereocenters. The number of para-hydroxylation sites is 1. The second kappa shape index (κ2) is 5.58. The predicted octanol–water partition coefficient (Wildman–Crippen LogP) is 3.66. The maximum atomic E-state index is 13.8. The molecule has 0 aliphatic carbocycles. The van der Waals surface area contributed by atoms with Crippen LogP contribution in [0, 0.1) is 11.6 Å². The lowest BCUT2D eigenvalue weighted by Gasteiger charge is -2.11. The Kier molecular flexibility index (Phi) is 3.73. The van der Waals surface area contributed by atoms with Gasteiger partial charge >= 0.3 is 0 Å². The molecule has 4 nitrogen and oxygen atoms in total. The van der Waals surface area contributed by atoms with Gasteiger partial charge in [0.2, 0.25) is 0 Å². The molecule has 0 radical (unpaired) electrons. The summed E-state index contributed by atoms with van der Waals surface area (Å²) < 4.78 is 51.0. The van der Waals surface area contributed by atoms with Crippen LogP contribution in [0.25, 0.3) is 10.9 Å². The molecule has 1 heterocycles. The van der Waals surface area contributed by atoms with Gasteiger partial charge in [0.15, 0.2) is 9.84 Å². The lowest BCUT2D eigenvalue weighted by atomic mass is 10.1. The van der Waals surface area contributed by atoms with E-state index in [9.17, 15) is 17.2 Å². The largest absolute Gasteiger partial charge is 0.350 e. The van der Waals surface area contributed by atoms with Crippen LogP contribution in [0.1, 0.15) is 0 Å². The fourth-order valence-corrected chi connectivity index (χ4v) is 2.86. The normalized spacial score (nSPS) is 11.6. The summed E-state index contributed by atoms with van der Waals surface area (Å²) in [5.41, 5.74) is 0.577. The molecule has 0 saturated carbocycles. The van der Waals surface area contributed by atoms with Crippen LogP contribution in [-0.2, 0) is 9.84 Å². The van der Waals surface area contributed by atoms with Gasteiger partial charge in [0.1, 0.15) is 17.3 Å². The van der Waals surface area contributed by atoms with Crippen LogP contribution in [0.5, 0.6) is 0 Å². The number of pyridine rings is 1.